The Morgan fingerprint density at radius 3 is 2.67 bits per heavy atom. The van der Waals surface area contributed by atoms with Crippen molar-refractivity contribution in [1.82, 2.24) is 10.2 Å². The van der Waals surface area contributed by atoms with Gasteiger partial charge in [-0.05, 0) is 78.4 Å². The molecule has 1 fully saturated rings. The summed E-state index contributed by atoms with van der Waals surface area (Å²) in [4.78, 5) is 2.61. The van der Waals surface area contributed by atoms with Gasteiger partial charge >= 0.3 is 0 Å². The predicted octanol–water partition coefficient (Wildman–Crippen LogP) is 2.25. The Kier molecular flexibility index (Phi) is 7.20. The number of nitrogens with one attached hydrogen (secondary N) is 1. The van der Waals surface area contributed by atoms with Crippen molar-refractivity contribution in [3.8, 4) is 0 Å². The second-order valence-corrected chi connectivity index (χ2v) is 6.72. The van der Waals surface area contributed by atoms with Crippen LogP contribution >= 0.6 is 0 Å². The molecule has 0 aromatic heterocycles. The predicted molar refractivity (Wildman–Crippen MR) is 77.9 cm³/mol. The number of unbranched alkanes of at least 4 members (excludes halogenated alkanes) is 2. The summed E-state index contributed by atoms with van der Waals surface area (Å²) in [6.45, 7) is 11.9. The van der Waals surface area contributed by atoms with Gasteiger partial charge in [-0.15, -0.1) is 0 Å². The van der Waals surface area contributed by atoms with Crippen LogP contribution in [0.1, 0.15) is 52.9 Å². The maximum atomic E-state index is 8.77. The average molecular weight is 256 g/mol. The van der Waals surface area contributed by atoms with Crippen LogP contribution < -0.4 is 5.32 Å². The molecule has 3 nitrogen and oxygen atoms in total. The zero-order valence-corrected chi connectivity index (χ0v) is 12.5. The fourth-order valence-electron chi connectivity index (χ4n) is 2.60. The Labute approximate surface area is 113 Å². The molecule has 1 rings (SSSR count). The maximum absolute atomic E-state index is 8.77. The Bertz CT molecular complexity index is 213. The molecule has 1 aliphatic rings. The number of hydrogen-bond acceptors (Lipinski definition) is 3. The highest BCUT2D eigenvalue weighted by Gasteiger charge is 2.20. The van der Waals surface area contributed by atoms with E-state index in [2.05, 4.69) is 31.0 Å². The van der Waals surface area contributed by atoms with Gasteiger partial charge in [-0.1, -0.05) is 0 Å². The first-order valence-corrected chi connectivity index (χ1v) is 7.59. The van der Waals surface area contributed by atoms with Gasteiger partial charge in [0.05, 0.1) is 0 Å². The minimum absolute atomic E-state index is 0.239. The van der Waals surface area contributed by atoms with Gasteiger partial charge in [-0.25, -0.2) is 0 Å². The van der Waals surface area contributed by atoms with Crippen molar-refractivity contribution in [1.29, 1.82) is 0 Å². The van der Waals surface area contributed by atoms with E-state index in [9.17, 15) is 0 Å². The minimum atomic E-state index is 0.239. The quantitative estimate of drug-likeness (QED) is 0.686. The first kappa shape index (κ1) is 15.9. The topological polar surface area (TPSA) is 35.5 Å². The van der Waals surface area contributed by atoms with Crippen LogP contribution in [0.5, 0.6) is 0 Å². The van der Waals surface area contributed by atoms with Crippen molar-refractivity contribution in [3.63, 3.8) is 0 Å². The number of nitrogens with zero attached hydrogens (tertiary/aromatic N) is 1. The van der Waals surface area contributed by atoms with Crippen LogP contribution in [0.3, 0.4) is 0 Å². The van der Waals surface area contributed by atoms with Crippen LogP contribution in [0, 0.1) is 5.92 Å². The van der Waals surface area contributed by atoms with E-state index in [1.165, 1.54) is 38.9 Å². The summed E-state index contributed by atoms with van der Waals surface area (Å²) >= 11 is 0. The summed E-state index contributed by atoms with van der Waals surface area (Å²) in [6.07, 6.45) is 6.08. The molecule has 18 heavy (non-hydrogen) atoms. The molecule has 3 heteroatoms. The molecule has 1 heterocycles. The van der Waals surface area contributed by atoms with E-state index < -0.39 is 0 Å². The van der Waals surface area contributed by atoms with E-state index in [1.807, 2.05) is 0 Å². The molecular weight excluding hydrogens is 224 g/mol. The van der Waals surface area contributed by atoms with Crippen molar-refractivity contribution >= 4 is 0 Å². The number of hydrogen-bond donors (Lipinski definition) is 2. The standard InChI is InChI=1S/C15H32N2O/c1-15(2,3)16-12-14-8-7-10-17(13-14)9-5-4-6-11-18/h14,16,18H,4-13H2,1-3H3. The van der Waals surface area contributed by atoms with Crippen LogP contribution in [0.2, 0.25) is 0 Å². The SMILES string of the molecule is CC(C)(C)NCC1CCCN(CCCCCO)C1. The summed E-state index contributed by atoms with van der Waals surface area (Å²) < 4.78 is 0. The smallest absolute Gasteiger partial charge is 0.0431 e. The first-order chi connectivity index (χ1) is 8.51. The summed E-state index contributed by atoms with van der Waals surface area (Å²) in [5.74, 6) is 0.816. The van der Waals surface area contributed by atoms with Crippen LogP contribution in [-0.2, 0) is 0 Å². The highest BCUT2D eigenvalue weighted by atomic mass is 16.2. The van der Waals surface area contributed by atoms with Crippen LogP contribution in [0.4, 0.5) is 0 Å². The lowest BCUT2D eigenvalue weighted by Gasteiger charge is -2.34. The minimum Gasteiger partial charge on any atom is -0.396 e. The van der Waals surface area contributed by atoms with E-state index in [0.717, 1.165) is 25.3 Å². The number of likely N-dealkylation sites (tertiary alicyclic amines) is 1. The largest absolute Gasteiger partial charge is 0.396 e. The molecule has 0 spiro atoms. The zero-order chi connectivity index (χ0) is 13.4. The molecule has 0 aromatic rings. The Morgan fingerprint density at radius 2 is 2.00 bits per heavy atom. The lowest BCUT2D eigenvalue weighted by atomic mass is 9.96. The van der Waals surface area contributed by atoms with Gasteiger partial charge in [0.15, 0.2) is 0 Å². The third-order valence-electron chi connectivity index (χ3n) is 3.66. The fraction of sp³-hybridized carbons (Fsp3) is 1.00. The third kappa shape index (κ3) is 7.34. The summed E-state index contributed by atoms with van der Waals surface area (Å²) in [5, 5.41) is 12.4. The summed E-state index contributed by atoms with van der Waals surface area (Å²) in [6, 6.07) is 0. The monoisotopic (exact) mass is 256 g/mol. The molecule has 0 bridgehead atoms. The molecule has 1 unspecified atom stereocenters. The van der Waals surface area contributed by atoms with Crippen molar-refractivity contribution in [2.75, 3.05) is 32.8 Å². The van der Waals surface area contributed by atoms with Gasteiger partial charge in [0, 0.05) is 18.7 Å². The normalized spacial score (nSPS) is 22.3. The van der Waals surface area contributed by atoms with E-state index in [0.29, 0.717) is 6.61 Å². The molecule has 0 aromatic carbocycles. The molecular formula is C15H32N2O. The highest BCUT2D eigenvalue weighted by molar-refractivity contribution is 4.78. The maximum Gasteiger partial charge on any atom is 0.0431 e. The number of aliphatic hydroxyl groups is 1. The van der Waals surface area contributed by atoms with Gasteiger partial charge in [0.2, 0.25) is 0 Å². The third-order valence-corrected chi connectivity index (χ3v) is 3.66. The second-order valence-electron chi connectivity index (χ2n) is 6.72. The lowest BCUT2D eigenvalue weighted by molar-refractivity contribution is 0.162. The highest BCUT2D eigenvalue weighted by Crippen LogP contribution is 2.17. The molecule has 1 atom stereocenters. The summed E-state index contributed by atoms with van der Waals surface area (Å²) in [7, 11) is 0. The van der Waals surface area contributed by atoms with Gasteiger partial charge in [0.25, 0.3) is 0 Å². The van der Waals surface area contributed by atoms with E-state index in [1.54, 1.807) is 0 Å². The molecule has 0 radical (unpaired) electrons. The Morgan fingerprint density at radius 1 is 1.22 bits per heavy atom. The summed E-state index contributed by atoms with van der Waals surface area (Å²) in [5.41, 5.74) is 0.239. The van der Waals surface area contributed by atoms with Gasteiger partial charge in [0.1, 0.15) is 0 Å². The van der Waals surface area contributed by atoms with Crippen LogP contribution in [0.25, 0.3) is 0 Å². The number of rotatable bonds is 7. The molecule has 108 valence electrons. The second kappa shape index (κ2) is 8.13. The molecule has 0 aliphatic carbocycles. The van der Waals surface area contributed by atoms with Crippen molar-refractivity contribution in [2.24, 2.45) is 5.92 Å². The van der Waals surface area contributed by atoms with Crippen LogP contribution in [0.15, 0.2) is 0 Å². The fourth-order valence-corrected chi connectivity index (χ4v) is 2.60. The molecule has 0 saturated carbocycles. The van der Waals surface area contributed by atoms with E-state index >= 15 is 0 Å². The number of aliphatic hydroxyl groups excluding tert-OH is 1. The molecule has 1 aliphatic heterocycles. The van der Waals surface area contributed by atoms with E-state index in [-0.39, 0.29) is 5.54 Å². The lowest BCUT2D eigenvalue weighted by Crippen LogP contribution is -2.44. The zero-order valence-electron chi connectivity index (χ0n) is 12.5. The van der Waals surface area contributed by atoms with Crippen molar-refractivity contribution < 1.29 is 5.11 Å². The Balaban J connectivity index is 2.15. The average Bonchev–Trinajstić information content (AvgIpc) is 2.32. The van der Waals surface area contributed by atoms with Gasteiger partial charge in [-0.3, -0.25) is 0 Å². The number of piperidine rings is 1. The molecule has 0 amide bonds. The van der Waals surface area contributed by atoms with Crippen molar-refractivity contribution in [2.45, 2.75) is 58.4 Å². The van der Waals surface area contributed by atoms with Gasteiger partial charge in [-0.2, -0.15) is 0 Å². The molecule has 1 saturated heterocycles. The van der Waals surface area contributed by atoms with Crippen molar-refractivity contribution in [3.05, 3.63) is 0 Å². The molecule has 2 N–H and O–H groups in total. The Hall–Kier alpha value is -0.120. The van der Waals surface area contributed by atoms with Gasteiger partial charge < -0.3 is 15.3 Å². The van der Waals surface area contributed by atoms with E-state index in [4.69, 9.17) is 5.11 Å². The van der Waals surface area contributed by atoms with Crippen LogP contribution in [-0.4, -0.2) is 48.3 Å². The first-order valence-electron chi connectivity index (χ1n) is 7.59.